The van der Waals surface area contributed by atoms with Gasteiger partial charge in [0.15, 0.2) is 4.80 Å². The van der Waals surface area contributed by atoms with Crippen LogP contribution in [0.25, 0.3) is 22.5 Å². The lowest BCUT2D eigenvalue weighted by molar-refractivity contribution is -0.138. The van der Waals surface area contributed by atoms with Crippen LogP contribution in [0.3, 0.4) is 0 Å². The molecule has 2 heterocycles. The number of aromatic nitrogens is 1. The average Bonchev–Trinajstić information content (AvgIpc) is 3.31. The molecule has 41 heavy (non-hydrogen) atoms. The molecule has 0 radical (unpaired) electrons. The molecule has 6 rings (SSSR count). The maximum atomic E-state index is 14.2. The van der Waals surface area contributed by atoms with Crippen LogP contribution in [-0.2, 0) is 9.53 Å². The van der Waals surface area contributed by atoms with Gasteiger partial charge in [-0.2, -0.15) is 0 Å². The van der Waals surface area contributed by atoms with E-state index >= 15 is 0 Å². The van der Waals surface area contributed by atoms with Gasteiger partial charge in [-0.3, -0.25) is 9.36 Å². The molecule has 0 aliphatic carbocycles. The zero-order valence-corrected chi connectivity index (χ0v) is 23.2. The van der Waals surface area contributed by atoms with Gasteiger partial charge in [-0.05, 0) is 35.9 Å². The lowest BCUT2D eigenvalue weighted by Gasteiger charge is -2.28. The molecule has 0 saturated carbocycles. The first kappa shape index (κ1) is 26.3. The number of esters is 1. The van der Waals surface area contributed by atoms with Crippen LogP contribution >= 0.6 is 11.3 Å². The highest BCUT2D eigenvalue weighted by atomic mass is 32.1. The lowest BCUT2D eigenvalue weighted by Crippen LogP contribution is -2.40. The van der Waals surface area contributed by atoms with Crippen molar-refractivity contribution in [1.29, 1.82) is 0 Å². The fourth-order valence-electron chi connectivity index (χ4n) is 5.20. The van der Waals surface area contributed by atoms with Crippen molar-refractivity contribution >= 4 is 39.9 Å². The van der Waals surface area contributed by atoms with Gasteiger partial charge >= 0.3 is 5.97 Å². The van der Waals surface area contributed by atoms with Crippen molar-refractivity contribution in [2.24, 2.45) is 4.99 Å². The van der Waals surface area contributed by atoms with Gasteiger partial charge < -0.3 is 14.6 Å². The van der Waals surface area contributed by atoms with Crippen LogP contribution in [0.4, 0.5) is 0 Å². The van der Waals surface area contributed by atoms with E-state index in [1.807, 2.05) is 66.7 Å². The van der Waals surface area contributed by atoms with Crippen LogP contribution in [-0.4, -0.2) is 29.4 Å². The Morgan fingerprint density at radius 3 is 2.49 bits per heavy atom. The molecule has 5 aromatic rings. The van der Waals surface area contributed by atoms with Crippen LogP contribution in [0.1, 0.15) is 29.7 Å². The number of aromatic hydroxyl groups is 1. The summed E-state index contributed by atoms with van der Waals surface area (Å²) in [5, 5.41) is 12.2. The summed E-state index contributed by atoms with van der Waals surface area (Å²) in [6.45, 7) is 1.90. The molecule has 1 unspecified atom stereocenters. The summed E-state index contributed by atoms with van der Waals surface area (Å²) in [5.41, 5.74) is 2.22. The number of hydrogen-bond acceptors (Lipinski definition) is 7. The summed E-state index contributed by atoms with van der Waals surface area (Å²) in [6, 6.07) is 26.9. The van der Waals surface area contributed by atoms with Crippen molar-refractivity contribution < 1.29 is 19.4 Å². The molecule has 4 aromatic carbocycles. The molecular formula is C33H26N2O5S. The molecule has 0 amide bonds. The number of benzene rings is 4. The van der Waals surface area contributed by atoms with Crippen LogP contribution in [0, 0.1) is 0 Å². The number of para-hydroxylation sites is 1. The van der Waals surface area contributed by atoms with Gasteiger partial charge in [0.1, 0.15) is 17.5 Å². The van der Waals surface area contributed by atoms with Crippen LogP contribution < -0.4 is 19.6 Å². The fourth-order valence-corrected chi connectivity index (χ4v) is 6.19. The van der Waals surface area contributed by atoms with Gasteiger partial charge in [0.05, 0.1) is 29.5 Å². The van der Waals surface area contributed by atoms with Crippen molar-refractivity contribution in [3.8, 4) is 11.5 Å². The van der Waals surface area contributed by atoms with Gasteiger partial charge in [-0.25, -0.2) is 9.79 Å². The Morgan fingerprint density at radius 1 is 1.00 bits per heavy atom. The third kappa shape index (κ3) is 4.62. The fraction of sp³-hybridized carbons (Fsp3) is 0.121. The minimum Gasteiger partial charge on any atom is -0.507 e. The molecule has 1 N–H and O–H groups in total. The van der Waals surface area contributed by atoms with Crippen molar-refractivity contribution in [3.05, 3.63) is 133 Å². The number of thiazole rings is 1. The Hall–Kier alpha value is -4.95. The molecule has 0 spiro atoms. The van der Waals surface area contributed by atoms with Crippen LogP contribution in [0.5, 0.6) is 11.5 Å². The first-order valence-corrected chi connectivity index (χ1v) is 14.0. The van der Waals surface area contributed by atoms with E-state index in [0.29, 0.717) is 31.9 Å². The Morgan fingerprint density at radius 2 is 1.73 bits per heavy atom. The molecule has 1 aliphatic heterocycles. The topological polar surface area (TPSA) is 90.1 Å². The Labute approximate surface area is 239 Å². The summed E-state index contributed by atoms with van der Waals surface area (Å²) >= 11 is 1.20. The molecule has 7 nitrogen and oxygen atoms in total. The first-order chi connectivity index (χ1) is 20.0. The zero-order valence-electron chi connectivity index (χ0n) is 22.4. The Bertz CT molecular complexity index is 2010. The SMILES string of the molecule is CCOC(=O)C1=C(c2ccccc2)N=c2sc(=Cc3ccccc3O)c(=O)n2C1c1c(OC)ccc2ccccc12. The Balaban J connectivity index is 1.76. The van der Waals surface area contributed by atoms with Crippen molar-refractivity contribution in [3.63, 3.8) is 0 Å². The second-order valence-corrected chi connectivity index (χ2v) is 10.4. The number of hydrogen-bond donors (Lipinski definition) is 1. The van der Waals surface area contributed by atoms with E-state index in [2.05, 4.69) is 0 Å². The van der Waals surface area contributed by atoms with Crippen LogP contribution in [0.2, 0.25) is 0 Å². The molecule has 1 atom stereocenters. The number of rotatable bonds is 6. The smallest absolute Gasteiger partial charge is 0.338 e. The summed E-state index contributed by atoms with van der Waals surface area (Å²) in [5.74, 6) is 0.0213. The number of fused-ring (bicyclic) bond motifs is 2. The highest BCUT2D eigenvalue weighted by Crippen LogP contribution is 2.42. The molecule has 0 saturated heterocycles. The maximum absolute atomic E-state index is 14.2. The lowest BCUT2D eigenvalue weighted by atomic mass is 9.89. The Kier molecular flexibility index (Phi) is 6.99. The molecule has 204 valence electrons. The maximum Gasteiger partial charge on any atom is 0.338 e. The molecule has 8 heteroatoms. The van der Waals surface area contributed by atoms with Crippen molar-refractivity contribution in [1.82, 2.24) is 4.57 Å². The third-order valence-electron chi connectivity index (χ3n) is 7.02. The predicted octanol–water partition coefficient (Wildman–Crippen LogP) is 4.80. The predicted molar refractivity (Wildman–Crippen MR) is 160 cm³/mol. The van der Waals surface area contributed by atoms with Crippen molar-refractivity contribution in [2.75, 3.05) is 13.7 Å². The highest BCUT2D eigenvalue weighted by Gasteiger charge is 2.37. The van der Waals surface area contributed by atoms with E-state index in [1.54, 1.807) is 48.9 Å². The van der Waals surface area contributed by atoms with Gasteiger partial charge in [0.25, 0.3) is 5.56 Å². The minimum atomic E-state index is -0.895. The largest absolute Gasteiger partial charge is 0.507 e. The highest BCUT2D eigenvalue weighted by molar-refractivity contribution is 7.07. The molecule has 0 bridgehead atoms. The number of carbonyl (C=O) groups excluding carboxylic acids is 1. The van der Waals surface area contributed by atoms with Gasteiger partial charge in [-0.15, -0.1) is 0 Å². The number of ether oxygens (including phenoxy) is 2. The monoisotopic (exact) mass is 562 g/mol. The van der Waals surface area contributed by atoms with Gasteiger partial charge in [-0.1, -0.05) is 90.2 Å². The third-order valence-corrected chi connectivity index (χ3v) is 8.00. The van der Waals surface area contributed by atoms with E-state index in [-0.39, 0.29) is 23.5 Å². The quantitative estimate of drug-likeness (QED) is 0.300. The second kappa shape index (κ2) is 10.9. The second-order valence-electron chi connectivity index (χ2n) is 9.39. The van der Waals surface area contributed by atoms with Crippen LogP contribution in [0.15, 0.2) is 106 Å². The minimum absolute atomic E-state index is 0.0581. The number of phenolic OH excluding ortho intramolecular Hbond substituents is 1. The van der Waals surface area contributed by atoms with Gasteiger partial charge in [0, 0.05) is 16.7 Å². The molecule has 1 aliphatic rings. The average molecular weight is 563 g/mol. The number of nitrogens with zero attached hydrogens (tertiary/aromatic N) is 2. The zero-order chi connectivity index (χ0) is 28.5. The number of methoxy groups -OCH3 is 1. The number of carbonyl (C=O) groups is 1. The molecular weight excluding hydrogens is 536 g/mol. The molecule has 0 fully saturated rings. The van der Waals surface area contributed by atoms with Crippen molar-refractivity contribution in [2.45, 2.75) is 13.0 Å². The van der Waals surface area contributed by atoms with E-state index < -0.39 is 12.0 Å². The van der Waals surface area contributed by atoms with E-state index in [1.165, 1.54) is 11.3 Å². The first-order valence-electron chi connectivity index (χ1n) is 13.1. The number of phenols is 1. The van der Waals surface area contributed by atoms with E-state index in [0.717, 1.165) is 16.3 Å². The van der Waals surface area contributed by atoms with E-state index in [4.69, 9.17) is 14.5 Å². The summed E-state index contributed by atoms with van der Waals surface area (Å²) in [4.78, 5) is 33.3. The summed E-state index contributed by atoms with van der Waals surface area (Å²) in [6.07, 6.45) is 1.65. The summed E-state index contributed by atoms with van der Waals surface area (Å²) < 4.78 is 13.4. The normalized spacial score (nSPS) is 15.0. The van der Waals surface area contributed by atoms with Gasteiger partial charge in [0.2, 0.25) is 0 Å². The summed E-state index contributed by atoms with van der Waals surface area (Å²) in [7, 11) is 1.57. The van der Waals surface area contributed by atoms with E-state index in [9.17, 15) is 14.7 Å². The molecule has 1 aromatic heterocycles. The standard InChI is InChI=1S/C33H26N2O5S/c1-3-40-32(38)28-29(21-12-5-4-6-13-21)34-33-35(31(37)26(41-33)19-22-14-8-10-16-24(22)36)30(28)27-23-15-9-7-11-20(23)17-18-25(27)39-2/h4-19,30,36H,3H2,1-2H3.